The summed E-state index contributed by atoms with van der Waals surface area (Å²) in [5.41, 5.74) is 1.16. The minimum Gasteiger partial charge on any atom is -0.406 e. The Morgan fingerprint density at radius 2 is 2.21 bits per heavy atom. The van der Waals surface area contributed by atoms with E-state index in [4.69, 9.17) is 16.0 Å². The molecule has 0 bridgehead atoms. The Hall–Kier alpha value is -1.55. The van der Waals surface area contributed by atoms with Gasteiger partial charge >= 0.3 is 5.76 Å². The predicted octanol–water partition coefficient (Wildman–Crippen LogP) is 1.98. The van der Waals surface area contributed by atoms with Crippen molar-refractivity contribution in [2.24, 2.45) is 0 Å². The lowest BCUT2D eigenvalue weighted by atomic mass is 10.1. The molecule has 4 nitrogen and oxygen atoms in total. The molecule has 0 amide bonds. The molecule has 0 aliphatic rings. The number of aromatic amines is 1. The number of oxazole rings is 1. The van der Waals surface area contributed by atoms with Crippen LogP contribution in [0.15, 0.2) is 21.3 Å². The van der Waals surface area contributed by atoms with Crippen LogP contribution in [0.1, 0.15) is 17.3 Å². The van der Waals surface area contributed by atoms with Gasteiger partial charge in [-0.05, 0) is 19.1 Å². The van der Waals surface area contributed by atoms with Gasteiger partial charge in [0.1, 0.15) is 0 Å². The molecule has 0 fully saturated rings. The van der Waals surface area contributed by atoms with Gasteiger partial charge in [-0.1, -0.05) is 11.6 Å². The summed E-state index contributed by atoms with van der Waals surface area (Å²) >= 11 is 5.81. The molecule has 0 saturated carbocycles. The smallest absolute Gasteiger partial charge is 0.406 e. The summed E-state index contributed by atoms with van der Waals surface area (Å²) in [5.74, 6) is -0.696. The molecule has 0 saturated heterocycles. The summed E-state index contributed by atoms with van der Waals surface area (Å²) in [6, 6.07) is 3.01. The van der Waals surface area contributed by atoms with Gasteiger partial charge in [-0.3, -0.25) is 9.78 Å². The average Bonchev–Trinajstić information content (AvgIpc) is 2.45. The Morgan fingerprint density at radius 3 is 2.86 bits per heavy atom. The number of hydrogen-bond donors (Lipinski definition) is 1. The van der Waals surface area contributed by atoms with Crippen molar-refractivity contribution in [2.75, 3.05) is 0 Å². The third-order valence-electron chi connectivity index (χ3n) is 1.88. The highest BCUT2D eigenvalue weighted by molar-refractivity contribution is 6.35. The minimum absolute atomic E-state index is 0.115. The predicted molar refractivity (Wildman–Crippen MR) is 51.8 cm³/mol. The SMILES string of the molecule is CC(=O)c1cc(Cl)c2oc(=O)[nH]c2c1. The Kier molecular flexibility index (Phi) is 1.93. The molecule has 5 heteroatoms. The molecule has 0 radical (unpaired) electrons. The minimum atomic E-state index is -0.581. The molecule has 2 aromatic rings. The van der Waals surface area contributed by atoms with Crippen LogP contribution in [0.2, 0.25) is 5.02 Å². The maximum Gasteiger partial charge on any atom is 0.417 e. The number of ketones is 1. The number of hydrogen-bond acceptors (Lipinski definition) is 3. The van der Waals surface area contributed by atoms with Gasteiger partial charge in [0.15, 0.2) is 11.4 Å². The zero-order chi connectivity index (χ0) is 10.3. The number of H-pyrrole nitrogens is 1. The van der Waals surface area contributed by atoms with Crippen LogP contribution >= 0.6 is 11.6 Å². The number of benzene rings is 1. The van der Waals surface area contributed by atoms with E-state index >= 15 is 0 Å². The van der Waals surface area contributed by atoms with Gasteiger partial charge in [-0.25, -0.2) is 4.79 Å². The van der Waals surface area contributed by atoms with E-state index in [1.54, 1.807) is 0 Å². The molecular formula is C9H6ClNO3. The molecule has 0 aliphatic heterocycles. The first kappa shape index (κ1) is 9.02. The molecule has 1 heterocycles. The third-order valence-corrected chi connectivity index (χ3v) is 2.16. The van der Waals surface area contributed by atoms with Gasteiger partial charge in [0, 0.05) is 5.56 Å². The average molecular weight is 212 g/mol. The first-order valence-electron chi connectivity index (χ1n) is 3.91. The van der Waals surface area contributed by atoms with Crippen molar-refractivity contribution in [3.63, 3.8) is 0 Å². The van der Waals surface area contributed by atoms with Crippen LogP contribution in [0.5, 0.6) is 0 Å². The van der Waals surface area contributed by atoms with E-state index in [2.05, 4.69) is 4.98 Å². The van der Waals surface area contributed by atoms with Gasteiger partial charge < -0.3 is 4.42 Å². The van der Waals surface area contributed by atoms with Gasteiger partial charge in [-0.15, -0.1) is 0 Å². The van der Waals surface area contributed by atoms with Crippen LogP contribution in [0.25, 0.3) is 11.1 Å². The lowest BCUT2D eigenvalue weighted by Gasteiger charge is -1.96. The second-order valence-corrected chi connectivity index (χ2v) is 3.31. The van der Waals surface area contributed by atoms with Crippen LogP contribution in [0.4, 0.5) is 0 Å². The Labute approximate surface area is 83.5 Å². The molecule has 0 unspecified atom stereocenters. The van der Waals surface area contributed by atoms with Crippen molar-refractivity contribution < 1.29 is 9.21 Å². The fraction of sp³-hybridized carbons (Fsp3) is 0.111. The van der Waals surface area contributed by atoms with Crippen molar-refractivity contribution in [1.82, 2.24) is 4.98 Å². The molecule has 0 atom stereocenters. The van der Waals surface area contributed by atoms with E-state index in [0.29, 0.717) is 11.1 Å². The van der Waals surface area contributed by atoms with Gasteiger partial charge in [0.25, 0.3) is 0 Å². The number of aromatic nitrogens is 1. The largest absolute Gasteiger partial charge is 0.417 e. The fourth-order valence-electron chi connectivity index (χ4n) is 1.22. The number of nitrogens with one attached hydrogen (secondary N) is 1. The molecule has 1 aromatic heterocycles. The second kappa shape index (κ2) is 2.99. The van der Waals surface area contributed by atoms with Gasteiger partial charge in [0.2, 0.25) is 0 Å². The van der Waals surface area contributed by atoms with Crippen LogP contribution in [-0.2, 0) is 0 Å². The molecule has 14 heavy (non-hydrogen) atoms. The van der Waals surface area contributed by atoms with Gasteiger partial charge in [-0.2, -0.15) is 0 Å². The lowest BCUT2D eigenvalue weighted by molar-refractivity contribution is 0.101. The molecular weight excluding hydrogens is 206 g/mol. The van der Waals surface area contributed by atoms with E-state index in [-0.39, 0.29) is 16.4 Å². The number of carbonyl (C=O) groups excluding carboxylic acids is 1. The van der Waals surface area contributed by atoms with Crippen LogP contribution in [0, 0.1) is 0 Å². The second-order valence-electron chi connectivity index (χ2n) is 2.91. The monoisotopic (exact) mass is 211 g/mol. The van der Waals surface area contributed by atoms with Crippen LogP contribution in [-0.4, -0.2) is 10.8 Å². The van der Waals surface area contributed by atoms with E-state index in [1.807, 2.05) is 0 Å². The third kappa shape index (κ3) is 1.33. The van der Waals surface area contributed by atoms with E-state index in [9.17, 15) is 9.59 Å². The lowest BCUT2D eigenvalue weighted by Crippen LogP contribution is -1.94. The molecule has 0 aliphatic carbocycles. The highest BCUT2D eigenvalue weighted by Crippen LogP contribution is 2.23. The molecule has 2 rings (SSSR count). The number of fused-ring (bicyclic) bond motifs is 1. The summed E-state index contributed by atoms with van der Waals surface area (Å²) in [6.07, 6.45) is 0. The zero-order valence-corrected chi connectivity index (χ0v) is 8.01. The number of Topliss-reactive ketones (excluding diaryl/α,β-unsaturated/α-hetero) is 1. The number of carbonyl (C=O) groups is 1. The van der Waals surface area contributed by atoms with Crippen molar-refractivity contribution in [3.05, 3.63) is 33.3 Å². The van der Waals surface area contributed by atoms with Gasteiger partial charge in [0.05, 0.1) is 10.5 Å². The summed E-state index contributed by atoms with van der Waals surface area (Å²) < 4.78 is 4.78. The number of rotatable bonds is 1. The summed E-state index contributed by atoms with van der Waals surface area (Å²) in [4.78, 5) is 24.4. The topological polar surface area (TPSA) is 63.1 Å². The van der Waals surface area contributed by atoms with Crippen molar-refractivity contribution in [2.45, 2.75) is 6.92 Å². The zero-order valence-electron chi connectivity index (χ0n) is 7.26. The normalized spacial score (nSPS) is 10.7. The Morgan fingerprint density at radius 1 is 1.50 bits per heavy atom. The quantitative estimate of drug-likeness (QED) is 0.734. The molecule has 1 aromatic carbocycles. The van der Waals surface area contributed by atoms with Crippen molar-refractivity contribution >= 4 is 28.5 Å². The van der Waals surface area contributed by atoms with Crippen LogP contribution < -0.4 is 5.76 Å². The van der Waals surface area contributed by atoms with E-state index in [0.717, 1.165) is 0 Å². The highest BCUT2D eigenvalue weighted by atomic mass is 35.5. The Bertz CT molecular complexity index is 567. The highest BCUT2D eigenvalue weighted by Gasteiger charge is 2.09. The maximum atomic E-state index is 11.1. The van der Waals surface area contributed by atoms with E-state index in [1.165, 1.54) is 19.1 Å². The summed E-state index contributed by atoms with van der Waals surface area (Å²) in [6.45, 7) is 1.43. The standard InChI is InChI=1S/C9H6ClNO3/c1-4(12)5-2-6(10)8-7(3-5)11-9(13)14-8/h2-3H,1H3,(H,11,13). The first-order valence-corrected chi connectivity index (χ1v) is 4.29. The van der Waals surface area contributed by atoms with Crippen molar-refractivity contribution in [3.8, 4) is 0 Å². The summed E-state index contributed by atoms with van der Waals surface area (Å²) in [5, 5.41) is 0.256. The first-order chi connectivity index (χ1) is 6.58. The fourth-order valence-corrected chi connectivity index (χ4v) is 1.48. The molecule has 72 valence electrons. The van der Waals surface area contributed by atoms with Crippen molar-refractivity contribution in [1.29, 1.82) is 0 Å². The molecule has 0 spiro atoms. The maximum absolute atomic E-state index is 11.1. The number of halogens is 1. The summed E-state index contributed by atoms with van der Waals surface area (Å²) in [7, 11) is 0. The van der Waals surface area contributed by atoms with Crippen LogP contribution in [0.3, 0.4) is 0 Å². The molecule has 1 N–H and O–H groups in total. The van der Waals surface area contributed by atoms with E-state index < -0.39 is 5.76 Å². The Balaban J connectivity index is 2.84.